The Morgan fingerprint density at radius 1 is 1.36 bits per heavy atom. The third-order valence-corrected chi connectivity index (χ3v) is 2.93. The molecule has 14 heavy (non-hydrogen) atoms. The molecule has 0 aromatic heterocycles. The Hall–Kier alpha value is -0.720. The second kappa shape index (κ2) is 5.90. The fourth-order valence-electron chi connectivity index (χ4n) is 1.97. The normalized spacial score (nSPS) is 18.1. The highest BCUT2D eigenvalue weighted by molar-refractivity contribution is 5.08. The second-order valence-electron chi connectivity index (χ2n) is 4.20. The van der Waals surface area contributed by atoms with E-state index in [1.165, 1.54) is 43.5 Å². The first kappa shape index (κ1) is 11.4. The zero-order valence-electron chi connectivity index (χ0n) is 9.52. The maximum atomic E-state index is 4.17. The van der Waals surface area contributed by atoms with Crippen LogP contribution in [-0.4, -0.2) is 11.4 Å². The molecule has 1 nitrogen and oxygen atoms in total. The van der Waals surface area contributed by atoms with E-state index in [0.717, 1.165) is 19.4 Å². The number of hydrogen-bond acceptors (Lipinski definition) is 1. The van der Waals surface area contributed by atoms with Gasteiger partial charge in [0.15, 0.2) is 0 Å². The van der Waals surface area contributed by atoms with Crippen LogP contribution in [0.2, 0.25) is 0 Å². The predicted molar refractivity (Wildman–Crippen MR) is 63.0 cm³/mol. The zero-order chi connectivity index (χ0) is 10.4. The van der Waals surface area contributed by atoms with Crippen LogP contribution >= 0.6 is 0 Å². The molecule has 1 rings (SSSR count). The van der Waals surface area contributed by atoms with Gasteiger partial charge < -0.3 is 4.90 Å². The summed E-state index contributed by atoms with van der Waals surface area (Å²) in [5, 5.41) is 0. The van der Waals surface area contributed by atoms with E-state index in [1.54, 1.807) is 0 Å². The number of likely N-dealkylation sites (tertiary alicyclic amines) is 1. The fourth-order valence-corrected chi connectivity index (χ4v) is 1.97. The Morgan fingerprint density at radius 2 is 2.14 bits per heavy atom. The van der Waals surface area contributed by atoms with Gasteiger partial charge in [0, 0.05) is 17.9 Å². The quantitative estimate of drug-likeness (QED) is 0.650. The summed E-state index contributed by atoms with van der Waals surface area (Å²) in [5.74, 6) is 0. The SMILES string of the molecule is C=C(CCCC)N1CCCCCC1=C. The van der Waals surface area contributed by atoms with Gasteiger partial charge in [-0.1, -0.05) is 32.9 Å². The molecule has 0 aromatic carbocycles. The lowest BCUT2D eigenvalue weighted by molar-refractivity contribution is 0.409. The minimum absolute atomic E-state index is 1.13. The lowest BCUT2D eigenvalue weighted by atomic mass is 10.2. The van der Waals surface area contributed by atoms with E-state index in [2.05, 4.69) is 25.0 Å². The molecule has 0 radical (unpaired) electrons. The molecule has 0 atom stereocenters. The Balaban J connectivity index is 2.46. The van der Waals surface area contributed by atoms with E-state index in [4.69, 9.17) is 0 Å². The Morgan fingerprint density at radius 3 is 2.86 bits per heavy atom. The molecule has 0 aromatic rings. The van der Waals surface area contributed by atoms with Gasteiger partial charge >= 0.3 is 0 Å². The van der Waals surface area contributed by atoms with Gasteiger partial charge in [-0.15, -0.1) is 0 Å². The van der Waals surface area contributed by atoms with Crippen LogP contribution in [0.1, 0.15) is 51.9 Å². The molecule has 0 spiro atoms. The summed E-state index contributed by atoms with van der Waals surface area (Å²) in [7, 11) is 0. The highest BCUT2D eigenvalue weighted by Crippen LogP contribution is 2.24. The number of rotatable bonds is 4. The molecule has 0 amide bonds. The number of unbranched alkanes of at least 4 members (excludes halogenated alkanes) is 1. The number of allylic oxidation sites excluding steroid dienone is 2. The summed E-state index contributed by atoms with van der Waals surface area (Å²) in [5.41, 5.74) is 2.56. The van der Waals surface area contributed by atoms with Gasteiger partial charge in [0.2, 0.25) is 0 Å². The van der Waals surface area contributed by atoms with Crippen LogP contribution in [0.4, 0.5) is 0 Å². The van der Waals surface area contributed by atoms with Crippen LogP contribution in [0, 0.1) is 0 Å². The minimum atomic E-state index is 1.13. The summed E-state index contributed by atoms with van der Waals surface area (Å²) >= 11 is 0. The van der Waals surface area contributed by atoms with Crippen LogP contribution in [-0.2, 0) is 0 Å². The Kier molecular flexibility index (Phi) is 4.78. The van der Waals surface area contributed by atoms with Crippen LogP contribution in [0.25, 0.3) is 0 Å². The second-order valence-corrected chi connectivity index (χ2v) is 4.20. The molecule has 1 heteroatoms. The number of nitrogens with zero attached hydrogens (tertiary/aromatic N) is 1. The van der Waals surface area contributed by atoms with Crippen LogP contribution in [0.3, 0.4) is 0 Å². The monoisotopic (exact) mass is 193 g/mol. The van der Waals surface area contributed by atoms with Crippen molar-refractivity contribution in [1.29, 1.82) is 0 Å². The van der Waals surface area contributed by atoms with Crippen molar-refractivity contribution in [1.82, 2.24) is 4.90 Å². The molecule has 0 N–H and O–H groups in total. The first-order valence-electron chi connectivity index (χ1n) is 5.88. The van der Waals surface area contributed by atoms with E-state index < -0.39 is 0 Å². The molecule has 1 saturated heterocycles. The summed E-state index contributed by atoms with van der Waals surface area (Å²) in [6, 6.07) is 0. The fraction of sp³-hybridized carbons (Fsp3) is 0.692. The Labute approximate surface area is 88.5 Å². The van der Waals surface area contributed by atoms with Crippen LogP contribution in [0.15, 0.2) is 24.6 Å². The van der Waals surface area contributed by atoms with Gasteiger partial charge in [-0.05, 0) is 32.1 Å². The molecule has 0 bridgehead atoms. The van der Waals surface area contributed by atoms with Crippen molar-refractivity contribution in [2.45, 2.75) is 51.9 Å². The lowest BCUT2D eigenvalue weighted by Crippen LogP contribution is -2.21. The van der Waals surface area contributed by atoms with Crippen molar-refractivity contribution in [3.8, 4) is 0 Å². The summed E-state index contributed by atoms with van der Waals surface area (Å²) in [6.45, 7) is 11.7. The van der Waals surface area contributed by atoms with E-state index in [9.17, 15) is 0 Å². The van der Waals surface area contributed by atoms with Gasteiger partial charge in [-0.3, -0.25) is 0 Å². The number of hydrogen-bond donors (Lipinski definition) is 0. The van der Waals surface area contributed by atoms with E-state index in [-0.39, 0.29) is 0 Å². The molecule has 0 aliphatic carbocycles. The smallest absolute Gasteiger partial charge is 0.0224 e. The summed E-state index contributed by atoms with van der Waals surface area (Å²) < 4.78 is 0. The van der Waals surface area contributed by atoms with E-state index in [1.807, 2.05) is 0 Å². The first-order chi connectivity index (χ1) is 6.75. The van der Waals surface area contributed by atoms with Crippen molar-refractivity contribution in [2.75, 3.05) is 6.54 Å². The van der Waals surface area contributed by atoms with Crippen LogP contribution in [0.5, 0.6) is 0 Å². The first-order valence-corrected chi connectivity index (χ1v) is 5.88. The molecule has 1 heterocycles. The average Bonchev–Trinajstić information content (AvgIpc) is 2.39. The van der Waals surface area contributed by atoms with Crippen LogP contribution < -0.4 is 0 Å². The summed E-state index contributed by atoms with van der Waals surface area (Å²) in [4.78, 5) is 2.35. The molecule has 1 fully saturated rings. The van der Waals surface area contributed by atoms with Gasteiger partial charge in [0.25, 0.3) is 0 Å². The molecule has 0 saturated carbocycles. The van der Waals surface area contributed by atoms with E-state index in [0.29, 0.717) is 0 Å². The maximum absolute atomic E-state index is 4.17. The predicted octanol–water partition coefficient (Wildman–Crippen LogP) is 4.08. The Bertz CT molecular complexity index is 205. The molecular formula is C13H23N. The third-order valence-electron chi connectivity index (χ3n) is 2.93. The van der Waals surface area contributed by atoms with Crippen molar-refractivity contribution < 1.29 is 0 Å². The van der Waals surface area contributed by atoms with Crippen molar-refractivity contribution in [3.63, 3.8) is 0 Å². The maximum Gasteiger partial charge on any atom is 0.0224 e. The van der Waals surface area contributed by atoms with Gasteiger partial charge in [0.05, 0.1) is 0 Å². The van der Waals surface area contributed by atoms with Gasteiger partial charge in [0.1, 0.15) is 0 Å². The van der Waals surface area contributed by atoms with Gasteiger partial charge in [-0.25, -0.2) is 0 Å². The van der Waals surface area contributed by atoms with Gasteiger partial charge in [-0.2, -0.15) is 0 Å². The van der Waals surface area contributed by atoms with Crippen molar-refractivity contribution >= 4 is 0 Å². The topological polar surface area (TPSA) is 3.24 Å². The summed E-state index contributed by atoms with van der Waals surface area (Å²) in [6.07, 6.45) is 8.74. The lowest BCUT2D eigenvalue weighted by Gasteiger charge is -2.26. The largest absolute Gasteiger partial charge is 0.350 e. The van der Waals surface area contributed by atoms with E-state index >= 15 is 0 Å². The highest BCUT2D eigenvalue weighted by atomic mass is 15.1. The van der Waals surface area contributed by atoms with Crippen molar-refractivity contribution in [3.05, 3.63) is 24.6 Å². The molecule has 80 valence electrons. The highest BCUT2D eigenvalue weighted by Gasteiger charge is 2.13. The third kappa shape index (κ3) is 3.21. The average molecular weight is 193 g/mol. The molecule has 0 unspecified atom stereocenters. The minimum Gasteiger partial charge on any atom is -0.350 e. The molecule has 1 aliphatic rings. The molecule has 1 aliphatic heterocycles. The zero-order valence-corrected chi connectivity index (χ0v) is 9.52. The molecular weight excluding hydrogens is 170 g/mol. The van der Waals surface area contributed by atoms with Crippen molar-refractivity contribution in [2.24, 2.45) is 0 Å². The standard InChI is InChI=1S/C13H23N/c1-4-5-9-12(2)14-11-8-6-7-10-13(14)3/h2-11H2,1H3.